The number of anilines is 2. The van der Waals surface area contributed by atoms with E-state index in [9.17, 15) is 26.4 Å². The number of carbonyl (C=O) groups excluding carboxylic acids is 1. The number of aromatic nitrogens is 1. The van der Waals surface area contributed by atoms with Crippen molar-refractivity contribution in [3.05, 3.63) is 70.4 Å². The minimum absolute atomic E-state index is 0.0447. The van der Waals surface area contributed by atoms with Gasteiger partial charge in [-0.25, -0.2) is 14.2 Å². The van der Waals surface area contributed by atoms with Crippen molar-refractivity contribution < 1.29 is 40.3 Å². The summed E-state index contributed by atoms with van der Waals surface area (Å²) in [5.41, 5.74) is 0.898. The van der Waals surface area contributed by atoms with Gasteiger partial charge in [-0.05, 0) is 17.7 Å². The van der Waals surface area contributed by atoms with E-state index in [0.717, 1.165) is 23.9 Å². The standard InChI is InChI=1S/C23H21ClF4N4O5S2/c24-16-12-20(39(34,35)32(22-29-6-11-38-22)37-21(33)23(26,27)28)17(25)13-18(16)30-19(15-4-2-1-3-5-15)14-31-7-9-36-10-8-31/h1-6,11-13,19,30H,7-10,14H2. The molecule has 9 nitrogen and oxygen atoms in total. The highest BCUT2D eigenvalue weighted by atomic mass is 35.5. The van der Waals surface area contributed by atoms with Crippen LogP contribution in [-0.2, 0) is 24.4 Å². The molecule has 1 saturated heterocycles. The molecule has 210 valence electrons. The Hall–Kier alpha value is -2.98. The largest absolute Gasteiger partial charge is 0.493 e. The molecule has 1 aromatic heterocycles. The normalized spacial score (nSPS) is 15.5. The SMILES string of the molecule is O=C(ON(c1nccs1)S(=O)(=O)c1cc(Cl)c(NC(CN2CCOCC2)c2ccccc2)cc1F)C(F)(F)F. The summed E-state index contributed by atoms with van der Waals surface area (Å²) >= 11 is 6.89. The van der Waals surface area contributed by atoms with Crippen LogP contribution in [0.15, 0.2) is 58.9 Å². The molecule has 0 saturated carbocycles. The quantitative estimate of drug-likeness (QED) is 0.277. The minimum Gasteiger partial charge on any atom is -0.379 e. The van der Waals surface area contributed by atoms with Gasteiger partial charge in [-0.1, -0.05) is 46.4 Å². The van der Waals surface area contributed by atoms with Crippen molar-refractivity contribution in [1.82, 2.24) is 9.88 Å². The highest BCUT2D eigenvalue weighted by molar-refractivity contribution is 7.92. The lowest BCUT2D eigenvalue weighted by atomic mass is 10.1. The van der Waals surface area contributed by atoms with Crippen LogP contribution in [-0.4, -0.2) is 63.3 Å². The van der Waals surface area contributed by atoms with Crippen LogP contribution in [0.1, 0.15) is 11.6 Å². The van der Waals surface area contributed by atoms with Crippen molar-refractivity contribution in [3.8, 4) is 0 Å². The first-order valence-electron chi connectivity index (χ1n) is 11.3. The molecule has 1 unspecified atom stereocenters. The molecule has 0 radical (unpaired) electrons. The van der Waals surface area contributed by atoms with Gasteiger partial charge in [0.2, 0.25) is 5.13 Å². The fraction of sp³-hybridized carbons (Fsp3) is 0.304. The van der Waals surface area contributed by atoms with Gasteiger partial charge in [0.15, 0.2) is 0 Å². The predicted molar refractivity (Wildman–Crippen MR) is 135 cm³/mol. The number of nitrogens with zero attached hydrogens (tertiary/aromatic N) is 3. The molecule has 39 heavy (non-hydrogen) atoms. The predicted octanol–water partition coefficient (Wildman–Crippen LogP) is 4.64. The van der Waals surface area contributed by atoms with E-state index in [1.165, 1.54) is 5.38 Å². The van der Waals surface area contributed by atoms with Gasteiger partial charge in [-0.15, -0.1) is 11.3 Å². The van der Waals surface area contributed by atoms with Crippen molar-refractivity contribution >= 4 is 49.7 Å². The number of hydrogen-bond acceptors (Lipinski definition) is 9. The number of sulfonamides is 1. The van der Waals surface area contributed by atoms with Crippen molar-refractivity contribution in [3.63, 3.8) is 0 Å². The molecular weight excluding hydrogens is 588 g/mol. The van der Waals surface area contributed by atoms with Gasteiger partial charge in [0.1, 0.15) is 10.7 Å². The highest BCUT2D eigenvalue weighted by Gasteiger charge is 2.46. The van der Waals surface area contributed by atoms with Crippen LogP contribution in [0.5, 0.6) is 0 Å². The summed E-state index contributed by atoms with van der Waals surface area (Å²) in [6.45, 7) is 2.95. The molecule has 0 aliphatic carbocycles. The summed E-state index contributed by atoms with van der Waals surface area (Å²) in [6.07, 6.45) is -4.46. The molecule has 1 N–H and O–H groups in total. The van der Waals surface area contributed by atoms with Gasteiger partial charge in [0.25, 0.3) is 0 Å². The Kier molecular flexibility index (Phi) is 8.96. The van der Waals surface area contributed by atoms with Crippen molar-refractivity contribution in [2.45, 2.75) is 17.1 Å². The molecule has 1 aliphatic heterocycles. The summed E-state index contributed by atoms with van der Waals surface area (Å²) < 4.78 is 85.2. The van der Waals surface area contributed by atoms with E-state index in [0.29, 0.717) is 44.2 Å². The van der Waals surface area contributed by atoms with Gasteiger partial charge in [0, 0.05) is 31.2 Å². The van der Waals surface area contributed by atoms with Gasteiger partial charge in [-0.3, -0.25) is 4.90 Å². The molecular formula is C23H21ClF4N4O5S2. The second-order valence-corrected chi connectivity index (χ2v) is 11.2. The summed E-state index contributed by atoms with van der Waals surface area (Å²) in [4.78, 5) is 20.2. The van der Waals surface area contributed by atoms with Gasteiger partial charge in [0.05, 0.1) is 30.0 Å². The monoisotopic (exact) mass is 608 g/mol. The maximum Gasteiger partial charge on any atom is 0.493 e. The molecule has 1 atom stereocenters. The first kappa shape index (κ1) is 29.0. The fourth-order valence-corrected chi connectivity index (χ4v) is 6.06. The topological polar surface area (TPSA) is 101 Å². The van der Waals surface area contributed by atoms with Gasteiger partial charge in [-0.2, -0.15) is 21.6 Å². The minimum atomic E-state index is -5.53. The average molecular weight is 609 g/mol. The number of benzene rings is 2. The van der Waals surface area contributed by atoms with Gasteiger partial charge >= 0.3 is 22.2 Å². The zero-order valence-corrected chi connectivity index (χ0v) is 22.3. The average Bonchev–Trinajstić information content (AvgIpc) is 3.43. The zero-order chi connectivity index (χ0) is 28.2. The Balaban J connectivity index is 1.66. The molecule has 1 fully saturated rings. The van der Waals surface area contributed by atoms with E-state index in [-0.39, 0.29) is 21.2 Å². The number of carbonyl (C=O) groups is 1. The lowest BCUT2D eigenvalue weighted by Crippen LogP contribution is -2.40. The maximum atomic E-state index is 15.3. The molecule has 0 spiro atoms. The van der Waals surface area contributed by atoms with Crippen molar-refractivity contribution in [2.75, 3.05) is 42.6 Å². The van der Waals surface area contributed by atoms with E-state index in [4.69, 9.17) is 16.3 Å². The van der Waals surface area contributed by atoms with Crippen molar-refractivity contribution in [1.29, 1.82) is 0 Å². The second-order valence-electron chi connectivity index (χ2n) is 8.21. The number of alkyl halides is 3. The lowest BCUT2D eigenvalue weighted by molar-refractivity contribution is -0.199. The number of ether oxygens (including phenoxy) is 1. The molecule has 4 rings (SSSR count). The van der Waals surface area contributed by atoms with Crippen LogP contribution in [0.4, 0.5) is 28.4 Å². The van der Waals surface area contributed by atoms with Crippen LogP contribution < -0.4 is 9.79 Å². The Morgan fingerprint density at radius 1 is 1.23 bits per heavy atom. The van der Waals surface area contributed by atoms with Crippen LogP contribution in [0.3, 0.4) is 0 Å². The third-order valence-electron chi connectivity index (χ3n) is 5.57. The number of hydrogen-bond donors (Lipinski definition) is 1. The fourth-order valence-electron chi connectivity index (χ4n) is 3.70. The number of nitrogens with one attached hydrogen (secondary N) is 1. The molecule has 2 heterocycles. The van der Waals surface area contributed by atoms with Crippen LogP contribution in [0.25, 0.3) is 0 Å². The first-order valence-corrected chi connectivity index (χ1v) is 14.0. The summed E-state index contributed by atoms with van der Waals surface area (Å²) in [6, 6.07) is 10.4. The van der Waals surface area contributed by atoms with Crippen LogP contribution in [0, 0.1) is 5.82 Å². The molecule has 0 bridgehead atoms. The van der Waals surface area contributed by atoms with Crippen molar-refractivity contribution in [2.24, 2.45) is 0 Å². The maximum absolute atomic E-state index is 15.3. The van der Waals surface area contributed by atoms with E-state index in [2.05, 4.69) is 20.0 Å². The zero-order valence-electron chi connectivity index (χ0n) is 19.9. The van der Waals surface area contributed by atoms with E-state index < -0.39 is 38.0 Å². The van der Waals surface area contributed by atoms with E-state index in [1.54, 1.807) is 0 Å². The lowest BCUT2D eigenvalue weighted by Gasteiger charge is -2.31. The third-order valence-corrected chi connectivity index (χ3v) is 8.29. The number of thiazole rings is 1. The Labute approximate surface area is 229 Å². The number of halogens is 5. The summed E-state index contributed by atoms with van der Waals surface area (Å²) in [5.74, 6) is -4.18. The van der Waals surface area contributed by atoms with E-state index in [1.807, 2.05) is 30.3 Å². The first-order chi connectivity index (χ1) is 18.5. The molecule has 1 aliphatic rings. The van der Waals surface area contributed by atoms with Crippen LogP contribution >= 0.6 is 22.9 Å². The molecule has 0 amide bonds. The molecule has 16 heteroatoms. The summed E-state index contributed by atoms with van der Waals surface area (Å²) in [7, 11) is -5.22. The molecule has 2 aromatic carbocycles. The number of morpholine rings is 1. The summed E-state index contributed by atoms with van der Waals surface area (Å²) in [5, 5.41) is 3.47. The second kappa shape index (κ2) is 12.0. The Morgan fingerprint density at radius 3 is 2.54 bits per heavy atom. The van der Waals surface area contributed by atoms with Crippen LogP contribution in [0.2, 0.25) is 5.02 Å². The third kappa shape index (κ3) is 6.97. The number of rotatable bonds is 9. The Bertz CT molecular complexity index is 1390. The Morgan fingerprint density at radius 2 is 1.92 bits per heavy atom. The van der Waals surface area contributed by atoms with E-state index >= 15 is 4.39 Å². The smallest absolute Gasteiger partial charge is 0.379 e. The van der Waals surface area contributed by atoms with Gasteiger partial charge < -0.3 is 14.9 Å². The molecule has 3 aromatic rings. The highest BCUT2D eigenvalue weighted by Crippen LogP contribution is 2.35.